The van der Waals surface area contributed by atoms with Crippen molar-refractivity contribution < 1.29 is 22.7 Å². The van der Waals surface area contributed by atoms with Crippen molar-refractivity contribution in [3.8, 4) is 0 Å². The van der Waals surface area contributed by atoms with Crippen LogP contribution in [0.5, 0.6) is 0 Å². The molecule has 92 valence electrons. The van der Waals surface area contributed by atoms with Crippen LogP contribution < -0.4 is 0 Å². The second kappa shape index (κ2) is 8.31. The minimum Gasteiger partial charge on any atom is -1.00 e. The van der Waals surface area contributed by atoms with Crippen LogP contribution in [0.25, 0.3) is 0 Å². The molecule has 0 radical (unpaired) electrons. The molecule has 0 saturated heterocycles. The van der Waals surface area contributed by atoms with Gasteiger partial charge in [-0.3, -0.25) is 9.59 Å². The largest absolute Gasteiger partial charge is 2.00 e. The smallest absolute Gasteiger partial charge is 1.00 e. The molecule has 0 fully saturated rings. The summed E-state index contributed by atoms with van der Waals surface area (Å²) in [4.78, 5) is 21.9. The Labute approximate surface area is 129 Å². The van der Waals surface area contributed by atoms with Gasteiger partial charge in [0.05, 0.1) is 0 Å². The maximum absolute atomic E-state index is 11.0. The van der Waals surface area contributed by atoms with Crippen LogP contribution in [0.4, 0.5) is 0 Å². The first-order valence-corrected chi connectivity index (χ1v) is 5.34. The van der Waals surface area contributed by atoms with E-state index in [-0.39, 0.29) is 46.5 Å². The van der Waals surface area contributed by atoms with Crippen LogP contribution in [0.15, 0.2) is 0 Å². The first-order valence-electron chi connectivity index (χ1n) is 5.34. The van der Waals surface area contributed by atoms with Crippen molar-refractivity contribution in [2.24, 2.45) is 11.3 Å². The molecule has 0 spiro atoms. The Morgan fingerprint density at radius 3 is 2.00 bits per heavy atom. The molecular weight excluding hydrogens is 236 g/mol. The van der Waals surface area contributed by atoms with Crippen LogP contribution in [0, 0.1) is 11.3 Å². The van der Waals surface area contributed by atoms with Crippen molar-refractivity contribution in [2.45, 2.75) is 46.5 Å². The number of rotatable bonds is 7. The quantitative estimate of drug-likeness (QED) is 0.417. The zero-order chi connectivity index (χ0) is 12.1. The molecule has 0 rings (SSSR count). The second-order valence-corrected chi connectivity index (χ2v) is 4.21. The predicted octanol–water partition coefficient (Wildman–Crippen LogP) is 2.22. The molecule has 0 bridgehead atoms. The third-order valence-corrected chi connectivity index (χ3v) is 3.11. The van der Waals surface area contributed by atoms with Crippen molar-refractivity contribution in [2.75, 3.05) is 0 Å². The van der Waals surface area contributed by atoms with Gasteiger partial charge < -0.3 is 13.1 Å². The summed E-state index contributed by atoms with van der Waals surface area (Å²) in [6, 6.07) is 0. The SMILES string of the molecule is CCCCCC(C)C(C)(C(=O)O)C(=O)O.[Ca+2].[H-].[H-]. The van der Waals surface area contributed by atoms with E-state index in [4.69, 9.17) is 10.2 Å². The molecule has 0 aromatic carbocycles. The predicted molar refractivity (Wildman–Crippen MR) is 64.7 cm³/mol. The number of unbranched alkanes of at least 4 members (excludes halogenated alkanes) is 2. The maximum atomic E-state index is 11.0. The minimum absolute atomic E-state index is 0. The van der Waals surface area contributed by atoms with E-state index in [0.29, 0.717) is 6.42 Å². The van der Waals surface area contributed by atoms with Crippen LogP contribution in [-0.2, 0) is 9.59 Å². The first kappa shape index (κ1) is 18.6. The molecule has 0 heterocycles. The summed E-state index contributed by atoms with van der Waals surface area (Å²) in [6.07, 6.45) is 3.58. The number of carboxylic acids is 2. The van der Waals surface area contributed by atoms with Crippen LogP contribution >= 0.6 is 0 Å². The fourth-order valence-corrected chi connectivity index (χ4v) is 1.50. The summed E-state index contributed by atoms with van der Waals surface area (Å²) in [7, 11) is 0. The van der Waals surface area contributed by atoms with Crippen LogP contribution in [0.2, 0.25) is 0 Å². The van der Waals surface area contributed by atoms with Gasteiger partial charge in [-0.2, -0.15) is 0 Å². The van der Waals surface area contributed by atoms with E-state index in [2.05, 4.69) is 6.92 Å². The van der Waals surface area contributed by atoms with Gasteiger partial charge in [0, 0.05) is 0 Å². The third-order valence-electron chi connectivity index (χ3n) is 3.11. The van der Waals surface area contributed by atoms with Gasteiger partial charge in [-0.25, -0.2) is 0 Å². The molecule has 5 heteroatoms. The molecule has 0 aromatic heterocycles. The summed E-state index contributed by atoms with van der Waals surface area (Å²) in [5.74, 6) is -2.85. The minimum atomic E-state index is -1.66. The van der Waals surface area contributed by atoms with E-state index in [1.807, 2.05) is 0 Å². The van der Waals surface area contributed by atoms with Crippen LogP contribution in [0.1, 0.15) is 49.3 Å². The van der Waals surface area contributed by atoms with E-state index in [1.165, 1.54) is 6.92 Å². The monoisotopic (exact) mass is 258 g/mol. The Kier molecular flexibility index (Phi) is 9.65. The average molecular weight is 258 g/mol. The van der Waals surface area contributed by atoms with Gasteiger partial charge >= 0.3 is 49.7 Å². The van der Waals surface area contributed by atoms with Crippen molar-refractivity contribution in [1.29, 1.82) is 0 Å². The molecule has 16 heavy (non-hydrogen) atoms. The molecule has 1 unspecified atom stereocenters. The zero-order valence-corrected chi connectivity index (χ0v) is 12.5. The number of hydrogen-bond acceptors (Lipinski definition) is 2. The van der Waals surface area contributed by atoms with Gasteiger partial charge in [0.2, 0.25) is 0 Å². The van der Waals surface area contributed by atoms with Gasteiger partial charge in [0.15, 0.2) is 5.41 Å². The summed E-state index contributed by atoms with van der Waals surface area (Å²) < 4.78 is 0. The van der Waals surface area contributed by atoms with Gasteiger partial charge in [-0.15, -0.1) is 0 Å². The first-order chi connectivity index (χ1) is 6.87. The molecule has 1 atom stereocenters. The molecule has 0 aromatic rings. The average Bonchev–Trinajstić information content (AvgIpc) is 2.15. The number of carbonyl (C=O) groups is 2. The van der Waals surface area contributed by atoms with E-state index >= 15 is 0 Å². The summed E-state index contributed by atoms with van der Waals surface area (Å²) in [5.41, 5.74) is -1.66. The Bertz CT molecular complexity index is 235. The van der Waals surface area contributed by atoms with Crippen molar-refractivity contribution in [3.63, 3.8) is 0 Å². The van der Waals surface area contributed by atoms with Crippen LogP contribution in [-0.4, -0.2) is 59.9 Å². The zero-order valence-electron chi connectivity index (χ0n) is 12.3. The molecule has 0 saturated carbocycles. The fraction of sp³-hybridized carbons (Fsp3) is 0.818. The molecule has 0 aliphatic heterocycles. The number of aliphatic carboxylic acids is 2. The molecule has 4 nitrogen and oxygen atoms in total. The van der Waals surface area contributed by atoms with Crippen molar-refractivity contribution >= 4 is 49.7 Å². The molecule has 0 aliphatic rings. The van der Waals surface area contributed by atoms with E-state index in [9.17, 15) is 9.59 Å². The Morgan fingerprint density at radius 1 is 1.25 bits per heavy atom. The van der Waals surface area contributed by atoms with Crippen molar-refractivity contribution in [3.05, 3.63) is 0 Å². The van der Waals surface area contributed by atoms with Crippen LogP contribution in [0.3, 0.4) is 0 Å². The van der Waals surface area contributed by atoms with E-state index in [1.54, 1.807) is 6.92 Å². The summed E-state index contributed by atoms with van der Waals surface area (Å²) in [6.45, 7) is 5.03. The van der Waals surface area contributed by atoms with Gasteiger partial charge in [0.1, 0.15) is 0 Å². The Hall–Kier alpha value is 0.200. The summed E-state index contributed by atoms with van der Waals surface area (Å²) in [5, 5.41) is 17.9. The van der Waals surface area contributed by atoms with Gasteiger partial charge in [-0.1, -0.05) is 33.1 Å². The second-order valence-electron chi connectivity index (χ2n) is 4.21. The molecule has 2 N–H and O–H groups in total. The molecular formula is C11H22CaO4. The maximum Gasteiger partial charge on any atom is 2.00 e. The topological polar surface area (TPSA) is 74.6 Å². The standard InChI is InChI=1S/C11H20O4.Ca.2H/c1-4-5-6-7-8(2)11(3,9(12)13)10(14)15;;;/h8H,4-7H2,1-3H3,(H,12,13)(H,14,15);;;/q;+2;2*-1. The number of hydrogen-bond donors (Lipinski definition) is 2. The van der Waals surface area contributed by atoms with E-state index < -0.39 is 17.4 Å². The molecule has 0 aliphatic carbocycles. The van der Waals surface area contributed by atoms with Crippen molar-refractivity contribution in [1.82, 2.24) is 0 Å². The Morgan fingerprint density at radius 2 is 1.69 bits per heavy atom. The number of carboxylic acid groups (broad SMARTS) is 2. The normalized spacial score (nSPS) is 12.7. The van der Waals surface area contributed by atoms with Gasteiger partial charge in [-0.05, 0) is 19.3 Å². The summed E-state index contributed by atoms with van der Waals surface area (Å²) >= 11 is 0. The van der Waals surface area contributed by atoms with E-state index in [0.717, 1.165) is 19.3 Å². The fourth-order valence-electron chi connectivity index (χ4n) is 1.50. The van der Waals surface area contributed by atoms with Gasteiger partial charge in [0.25, 0.3) is 0 Å². The third kappa shape index (κ3) is 4.60. The molecule has 0 amide bonds. The Balaban J connectivity index is -0.000000327.